The summed E-state index contributed by atoms with van der Waals surface area (Å²) >= 11 is 0. The number of carbonyl (C=O) groups is 1. The predicted octanol–water partition coefficient (Wildman–Crippen LogP) is 8.74. The highest BCUT2D eigenvalue weighted by atomic mass is 16.1. The van der Waals surface area contributed by atoms with E-state index in [1.54, 1.807) is 0 Å². The molecule has 216 valence electrons. The van der Waals surface area contributed by atoms with Gasteiger partial charge in [0.05, 0.1) is 0 Å². The van der Waals surface area contributed by atoms with Gasteiger partial charge in [-0.1, -0.05) is 91.5 Å². The van der Waals surface area contributed by atoms with Crippen molar-refractivity contribution in [1.29, 1.82) is 0 Å². The van der Waals surface area contributed by atoms with E-state index in [2.05, 4.69) is 86.0 Å². The third-order valence-electron chi connectivity index (χ3n) is 7.45. The first-order valence-corrected chi connectivity index (χ1v) is 15.2. The molecule has 1 aliphatic heterocycles. The van der Waals surface area contributed by atoms with Crippen LogP contribution in [-0.2, 0) is 6.42 Å². The Kier molecular flexibility index (Phi) is 17.8. The maximum Gasteiger partial charge on any atom is 0.150 e. The minimum Gasteiger partial charge on any atom is -0.366 e. The molecule has 2 aromatic rings. The number of aromatic nitrogens is 1. The number of anilines is 1. The lowest BCUT2D eigenvalue weighted by Crippen LogP contribution is -2.41. The summed E-state index contributed by atoms with van der Waals surface area (Å²) in [5, 5.41) is 0. The summed E-state index contributed by atoms with van der Waals surface area (Å²) in [6.07, 6.45) is 15.7. The standard InChI is InChI=1S/C29H39N3O.C4H10.C2H6/c1-5-8-23(4)29-26-11-10-25(22-33)21-28(26)32(27(29)9-6-2)20-19-31(17-7-3)18-14-24-12-15-30-16-13-24;1-3-4-2;1-2/h6-7,10-13,15-16,21-23,27,29H,2-3,5,8-9,14,17-20H2,1,4H3;3-4H2,1-2H3;1-2H3. The highest BCUT2D eigenvalue weighted by Gasteiger charge is 2.40. The van der Waals surface area contributed by atoms with Crippen LogP contribution in [0.1, 0.15) is 101 Å². The molecule has 0 aliphatic carbocycles. The Morgan fingerprint density at radius 2 is 1.69 bits per heavy atom. The molecule has 0 bridgehead atoms. The lowest BCUT2D eigenvalue weighted by molar-refractivity contribution is 0.112. The van der Waals surface area contributed by atoms with Crippen LogP contribution in [0.5, 0.6) is 0 Å². The monoisotopic (exact) mass is 533 g/mol. The van der Waals surface area contributed by atoms with Crippen LogP contribution < -0.4 is 4.90 Å². The largest absolute Gasteiger partial charge is 0.366 e. The molecule has 3 atom stereocenters. The molecule has 0 saturated carbocycles. The zero-order chi connectivity index (χ0) is 29.0. The van der Waals surface area contributed by atoms with Gasteiger partial charge in [-0.25, -0.2) is 0 Å². The first-order valence-electron chi connectivity index (χ1n) is 15.2. The molecule has 0 radical (unpaired) electrons. The molecule has 0 amide bonds. The maximum absolute atomic E-state index is 11.6. The second kappa shape index (κ2) is 20.2. The Bertz CT molecular complexity index is 940. The smallest absolute Gasteiger partial charge is 0.150 e. The number of pyridine rings is 1. The van der Waals surface area contributed by atoms with Crippen molar-refractivity contribution in [2.45, 2.75) is 92.0 Å². The molecule has 0 spiro atoms. The Morgan fingerprint density at radius 3 is 2.26 bits per heavy atom. The fourth-order valence-corrected chi connectivity index (χ4v) is 5.36. The lowest BCUT2D eigenvalue weighted by Gasteiger charge is -2.34. The molecular weight excluding hydrogens is 478 g/mol. The fourth-order valence-electron chi connectivity index (χ4n) is 5.36. The zero-order valence-corrected chi connectivity index (χ0v) is 25.7. The van der Waals surface area contributed by atoms with E-state index in [0.717, 1.165) is 50.9 Å². The number of hydrogen-bond acceptors (Lipinski definition) is 4. The first kappa shape index (κ1) is 34.3. The van der Waals surface area contributed by atoms with Crippen molar-refractivity contribution in [2.75, 3.05) is 31.1 Å². The van der Waals surface area contributed by atoms with Crippen LogP contribution in [0.2, 0.25) is 0 Å². The summed E-state index contributed by atoms with van der Waals surface area (Å²) in [5.74, 6) is 1.05. The number of unbranched alkanes of at least 4 members (excludes halogenated alkanes) is 1. The molecule has 1 aliphatic rings. The van der Waals surface area contributed by atoms with Gasteiger partial charge < -0.3 is 4.90 Å². The van der Waals surface area contributed by atoms with E-state index in [-0.39, 0.29) is 0 Å². The van der Waals surface area contributed by atoms with Crippen LogP contribution >= 0.6 is 0 Å². The Balaban J connectivity index is 0.00000116. The molecule has 3 unspecified atom stereocenters. The van der Waals surface area contributed by atoms with Gasteiger partial charge in [-0.2, -0.15) is 0 Å². The molecule has 0 saturated heterocycles. The molecule has 1 aromatic heterocycles. The minimum atomic E-state index is 0.381. The summed E-state index contributed by atoms with van der Waals surface area (Å²) < 4.78 is 0. The van der Waals surface area contributed by atoms with Crippen LogP contribution in [0.15, 0.2) is 68.0 Å². The second-order valence-corrected chi connectivity index (χ2v) is 10.2. The number of rotatable bonds is 15. The van der Waals surface area contributed by atoms with E-state index in [1.807, 2.05) is 38.4 Å². The zero-order valence-electron chi connectivity index (χ0n) is 25.7. The van der Waals surface area contributed by atoms with E-state index in [0.29, 0.717) is 17.9 Å². The molecular formula is C35H55N3O. The van der Waals surface area contributed by atoms with Crippen molar-refractivity contribution in [3.05, 3.63) is 84.7 Å². The van der Waals surface area contributed by atoms with Gasteiger partial charge in [-0.3, -0.25) is 14.7 Å². The third kappa shape index (κ3) is 10.8. The van der Waals surface area contributed by atoms with Gasteiger partial charge in [-0.15, -0.1) is 13.2 Å². The van der Waals surface area contributed by atoms with Gasteiger partial charge in [0.1, 0.15) is 6.29 Å². The van der Waals surface area contributed by atoms with Crippen LogP contribution in [0, 0.1) is 5.92 Å². The summed E-state index contributed by atoms with van der Waals surface area (Å²) in [4.78, 5) is 20.7. The summed E-state index contributed by atoms with van der Waals surface area (Å²) in [6.45, 7) is 24.8. The highest BCUT2D eigenvalue weighted by molar-refractivity contribution is 5.79. The third-order valence-corrected chi connectivity index (χ3v) is 7.45. The van der Waals surface area contributed by atoms with E-state index in [4.69, 9.17) is 0 Å². The molecule has 1 aromatic carbocycles. The molecule has 4 heteroatoms. The average molecular weight is 534 g/mol. The highest BCUT2D eigenvalue weighted by Crippen LogP contribution is 2.47. The van der Waals surface area contributed by atoms with Crippen LogP contribution in [0.4, 0.5) is 5.69 Å². The van der Waals surface area contributed by atoms with Crippen molar-refractivity contribution in [3.63, 3.8) is 0 Å². The van der Waals surface area contributed by atoms with Crippen LogP contribution in [0.25, 0.3) is 0 Å². The molecule has 2 heterocycles. The van der Waals surface area contributed by atoms with E-state index in [1.165, 1.54) is 42.5 Å². The maximum atomic E-state index is 11.6. The van der Waals surface area contributed by atoms with Crippen molar-refractivity contribution in [2.24, 2.45) is 5.92 Å². The second-order valence-electron chi connectivity index (χ2n) is 10.2. The quantitative estimate of drug-likeness (QED) is 0.169. The number of hydrogen-bond donors (Lipinski definition) is 0. The Hall–Kier alpha value is -2.72. The van der Waals surface area contributed by atoms with Crippen molar-refractivity contribution >= 4 is 12.0 Å². The number of nitrogens with zero attached hydrogens (tertiary/aromatic N) is 3. The molecule has 0 fully saturated rings. The Labute approximate surface area is 240 Å². The molecule has 39 heavy (non-hydrogen) atoms. The van der Waals surface area contributed by atoms with Gasteiger partial charge in [0, 0.05) is 61.8 Å². The van der Waals surface area contributed by atoms with Gasteiger partial charge >= 0.3 is 0 Å². The number of aldehydes is 1. The number of benzene rings is 1. The molecule has 3 rings (SSSR count). The topological polar surface area (TPSA) is 36.4 Å². The number of fused-ring (bicyclic) bond motifs is 1. The van der Waals surface area contributed by atoms with Crippen LogP contribution in [0.3, 0.4) is 0 Å². The van der Waals surface area contributed by atoms with Gasteiger partial charge in [0.2, 0.25) is 0 Å². The SMILES string of the molecule is C=CCC1C(C(C)CCC)c2ccc(C=O)cc2N1CCN(CC=C)CCc1ccncc1.CC.CCCC. The van der Waals surface area contributed by atoms with Gasteiger partial charge in [0.25, 0.3) is 0 Å². The normalized spacial score (nSPS) is 16.3. The Morgan fingerprint density at radius 1 is 1.00 bits per heavy atom. The number of carbonyl (C=O) groups excluding carboxylic acids is 1. The summed E-state index contributed by atoms with van der Waals surface area (Å²) in [5.41, 5.74) is 4.67. The summed E-state index contributed by atoms with van der Waals surface area (Å²) in [7, 11) is 0. The van der Waals surface area contributed by atoms with E-state index < -0.39 is 0 Å². The van der Waals surface area contributed by atoms with Gasteiger partial charge in [0.15, 0.2) is 0 Å². The van der Waals surface area contributed by atoms with E-state index >= 15 is 0 Å². The van der Waals surface area contributed by atoms with Crippen molar-refractivity contribution in [1.82, 2.24) is 9.88 Å². The molecule has 0 N–H and O–H groups in total. The average Bonchev–Trinajstić information content (AvgIpc) is 3.28. The van der Waals surface area contributed by atoms with E-state index in [9.17, 15) is 4.79 Å². The lowest BCUT2D eigenvalue weighted by atomic mass is 9.80. The first-order chi connectivity index (χ1) is 19.0. The van der Waals surface area contributed by atoms with Crippen molar-refractivity contribution in [3.8, 4) is 0 Å². The van der Waals surface area contributed by atoms with Crippen molar-refractivity contribution < 1.29 is 4.79 Å². The van der Waals surface area contributed by atoms with Crippen LogP contribution in [-0.4, -0.2) is 48.4 Å². The fraction of sp³-hybridized carbons (Fsp3) is 0.543. The molecule has 4 nitrogen and oxygen atoms in total. The summed E-state index contributed by atoms with van der Waals surface area (Å²) in [6, 6.07) is 10.8. The minimum absolute atomic E-state index is 0.381. The predicted molar refractivity (Wildman–Crippen MR) is 171 cm³/mol. The van der Waals surface area contributed by atoms with Gasteiger partial charge in [-0.05, 0) is 48.1 Å².